The van der Waals surface area contributed by atoms with Crippen molar-refractivity contribution < 1.29 is 0 Å². The Kier molecular flexibility index (Phi) is 3.47. The molecule has 4 nitrogen and oxygen atoms in total. The molecule has 6 heteroatoms. The van der Waals surface area contributed by atoms with Crippen LogP contribution in [0.4, 0.5) is 5.95 Å². The van der Waals surface area contributed by atoms with Crippen LogP contribution >= 0.6 is 33.9 Å². The summed E-state index contributed by atoms with van der Waals surface area (Å²) in [4.78, 5) is 13.7. The Morgan fingerprint density at radius 3 is 2.60 bits per heavy atom. The lowest BCUT2D eigenvalue weighted by Crippen LogP contribution is -2.01. The molecule has 2 aromatic heterocycles. The van der Waals surface area contributed by atoms with Crippen LogP contribution in [0.5, 0.6) is 0 Å². The van der Waals surface area contributed by atoms with Crippen LogP contribution in [0.15, 0.2) is 18.6 Å². The summed E-state index contributed by atoms with van der Waals surface area (Å²) in [5.41, 5.74) is 0. The van der Waals surface area contributed by atoms with Crippen molar-refractivity contribution in [2.75, 3.05) is 5.32 Å². The van der Waals surface area contributed by atoms with Gasteiger partial charge in [0.1, 0.15) is 0 Å². The van der Waals surface area contributed by atoms with E-state index in [0.29, 0.717) is 5.95 Å². The molecule has 1 N–H and O–H groups in total. The Morgan fingerprint density at radius 1 is 1.27 bits per heavy atom. The zero-order chi connectivity index (χ0) is 10.7. The predicted octanol–water partition coefficient (Wildman–Crippen LogP) is 2.46. The maximum Gasteiger partial charge on any atom is 0.222 e. The van der Waals surface area contributed by atoms with Gasteiger partial charge in [-0.15, -0.1) is 11.3 Å². The van der Waals surface area contributed by atoms with Crippen molar-refractivity contribution in [3.8, 4) is 0 Å². The lowest BCUT2D eigenvalue weighted by Gasteiger charge is -2.01. The standard InChI is InChI=1S/C9H9IN4S/c1-6-11-4-8(15-6)5-14-9-12-2-7(10)3-13-9/h2-4H,5H2,1H3,(H,12,13,14). The summed E-state index contributed by atoms with van der Waals surface area (Å²) in [7, 11) is 0. The van der Waals surface area contributed by atoms with Crippen LogP contribution in [0.2, 0.25) is 0 Å². The van der Waals surface area contributed by atoms with Gasteiger partial charge in [0.2, 0.25) is 5.95 Å². The maximum atomic E-state index is 4.18. The molecule has 2 rings (SSSR count). The summed E-state index contributed by atoms with van der Waals surface area (Å²) in [5, 5.41) is 4.23. The number of hydrogen-bond acceptors (Lipinski definition) is 5. The SMILES string of the molecule is Cc1ncc(CNc2ncc(I)cn2)s1. The molecular weight excluding hydrogens is 323 g/mol. The van der Waals surface area contributed by atoms with E-state index in [1.54, 1.807) is 23.7 Å². The average Bonchev–Trinajstić information content (AvgIpc) is 2.64. The van der Waals surface area contributed by atoms with Crippen LogP contribution < -0.4 is 5.32 Å². The van der Waals surface area contributed by atoms with Crippen molar-refractivity contribution in [2.24, 2.45) is 0 Å². The second-order valence-electron chi connectivity index (χ2n) is 2.92. The summed E-state index contributed by atoms with van der Waals surface area (Å²) in [6.45, 7) is 2.72. The van der Waals surface area contributed by atoms with E-state index in [-0.39, 0.29) is 0 Å². The van der Waals surface area contributed by atoms with Crippen LogP contribution in [0.3, 0.4) is 0 Å². The Bertz CT molecular complexity index is 440. The molecule has 0 aliphatic rings. The maximum absolute atomic E-state index is 4.18. The normalized spacial score (nSPS) is 10.3. The quantitative estimate of drug-likeness (QED) is 0.878. The highest BCUT2D eigenvalue weighted by atomic mass is 127. The number of nitrogens with one attached hydrogen (secondary N) is 1. The van der Waals surface area contributed by atoms with Crippen molar-refractivity contribution in [3.05, 3.63) is 32.0 Å². The van der Waals surface area contributed by atoms with Crippen LogP contribution in [0, 0.1) is 10.5 Å². The van der Waals surface area contributed by atoms with Gasteiger partial charge in [-0.05, 0) is 29.5 Å². The molecule has 0 fully saturated rings. The molecule has 0 unspecified atom stereocenters. The molecule has 0 aromatic carbocycles. The molecule has 2 heterocycles. The fourth-order valence-electron chi connectivity index (χ4n) is 1.06. The second kappa shape index (κ2) is 4.84. The minimum Gasteiger partial charge on any atom is -0.349 e. The third kappa shape index (κ3) is 3.10. The molecule has 2 aromatic rings. The smallest absolute Gasteiger partial charge is 0.222 e. The number of aromatic nitrogens is 3. The molecule has 0 saturated heterocycles. The Hall–Kier alpha value is -0.760. The van der Waals surface area contributed by atoms with Gasteiger partial charge < -0.3 is 5.32 Å². The Morgan fingerprint density at radius 2 is 2.00 bits per heavy atom. The number of hydrogen-bond donors (Lipinski definition) is 1. The van der Waals surface area contributed by atoms with Gasteiger partial charge in [0.25, 0.3) is 0 Å². The third-order valence-corrected chi connectivity index (χ3v) is 3.18. The van der Waals surface area contributed by atoms with Crippen LogP contribution in [-0.2, 0) is 6.54 Å². The van der Waals surface area contributed by atoms with Crippen molar-refractivity contribution in [1.82, 2.24) is 15.0 Å². The molecule has 0 atom stereocenters. The first kappa shape index (κ1) is 10.7. The summed E-state index contributed by atoms with van der Waals surface area (Å²) < 4.78 is 1.03. The number of rotatable bonds is 3. The lowest BCUT2D eigenvalue weighted by molar-refractivity contribution is 1.06. The molecule has 0 aliphatic carbocycles. The first-order chi connectivity index (χ1) is 7.24. The Balaban J connectivity index is 1.96. The van der Waals surface area contributed by atoms with Gasteiger partial charge in [-0.3, -0.25) is 0 Å². The topological polar surface area (TPSA) is 50.7 Å². The summed E-state index contributed by atoms with van der Waals surface area (Å²) in [6, 6.07) is 0. The highest BCUT2D eigenvalue weighted by Crippen LogP contribution is 2.12. The molecule has 0 saturated carbocycles. The second-order valence-corrected chi connectivity index (χ2v) is 5.49. The molecular formula is C9H9IN4S. The number of halogens is 1. The van der Waals surface area contributed by atoms with E-state index in [1.165, 1.54) is 4.88 Å². The first-order valence-electron chi connectivity index (χ1n) is 4.37. The predicted molar refractivity (Wildman–Crippen MR) is 68.9 cm³/mol. The first-order valence-corrected chi connectivity index (χ1v) is 6.26. The molecule has 0 bridgehead atoms. The third-order valence-electron chi connectivity index (χ3n) is 1.71. The minimum absolute atomic E-state index is 0.654. The van der Waals surface area contributed by atoms with E-state index in [0.717, 1.165) is 15.1 Å². The van der Waals surface area contributed by atoms with Gasteiger partial charge in [-0.1, -0.05) is 0 Å². The van der Waals surface area contributed by atoms with Gasteiger partial charge in [0.05, 0.1) is 11.6 Å². The van der Waals surface area contributed by atoms with Gasteiger partial charge in [-0.2, -0.15) is 0 Å². The molecule has 0 aliphatic heterocycles. The van der Waals surface area contributed by atoms with E-state index in [4.69, 9.17) is 0 Å². The van der Waals surface area contributed by atoms with Crippen molar-refractivity contribution in [2.45, 2.75) is 13.5 Å². The van der Waals surface area contributed by atoms with Crippen molar-refractivity contribution in [1.29, 1.82) is 0 Å². The van der Waals surface area contributed by atoms with E-state index in [2.05, 4.69) is 42.9 Å². The lowest BCUT2D eigenvalue weighted by atomic mass is 10.5. The zero-order valence-corrected chi connectivity index (χ0v) is 11.0. The molecule has 78 valence electrons. The zero-order valence-electron chi connectivity index (χ0n) is 8.07. The summed E-state index contributed by atoms with van der Waals surface area (Å²) in [5.74, 6) is 0.654. The fourth-order valence-corrected chi connectivity index (χ4v) is 2.07. The van der Waals surface area contributed by atoms with E-state index >= 15 is 0 Å². The molecule has 15 heavy (non-hydrogen) atoms. The molecule has 0 amide bonds. The fraction of sp³-hybridized carbons (Fsp3) is 0.222. The van der Waals surface area contributed by atoms with Gasteiger partial charge >= 0.3 is 0 Å². The number of nitrogens with zero attached hydrogens (tertiary/aromatic N) is 3. The Labute approximate surface area is 105 Å². The highest BCUT2D eigenvalue weighted by molar-refractivity contribution is 14.1. The van der Waals surface area contributed by atoms with Crippen molar-refractivity contribution >= 4 is 39.9 Å². The highest BCUT2D eigenvalue weighted by Gasteiger charge is 1.99. The van der Waals surface area contributed by atoms with Crippen LogP contribution in [-0.4, -0.2) is 15.0 Å². The van der Waals surface area contributed by atoms with Gasteiger partial charge in [0, 0.05) is 27.0 Å². The largest absolute Gasteiger partial charge is 0.349 e. The molecule has 0 spiro atoms. The monoisotopic (exact) mass is 332 g/mol. The number of thiazole rings is 1. The number of anilines is 1. The average molecular weight is 332 g/mol. The van der Waals surface area contributed by atoms with Crippen LogP contribution in [0.1, 0.15) is 9.88 Å². The van der Waals surface area contributed by atoms with E-state index in [9.17, 15) is 0 Å². The van der Waals surface area contributed by atoms with Crippen molar-refractivity contribution in [3.63, 3.8) is 0 Å². The molecule has 0 radical (unpaired) electrons. The summed E-state index contributed by atoms with van der Waals surface area (Å²) in [6.07, 6.45) is 5.45. The van der Waals surface area contributed by atoms with Gasteiger partial charge in [-0.25, -0.2) is 15.0 Å². The summed E-state index contributed by atoms with van der Waals surface area (Å²) >= 11 is 3.86. The minimum atomic E-state index is 0.654. The number of aryl methyl sites for hydroxylation is 1. The van der Waals surface area contributed by atoms with Crippen LogP contribution in [0.25, 0.3) is 0 Å². The van der Waals surface area contributed by atoms with E-state index in [1.807, 2.05) is 13.1 Å². The van der Waals surface area contributed by atoms with Gasteiger partial charge in [0.15, 0.2) is 0 Å². The van der Waals surface area contributed by atoms with E-state index < -0.39 is 0 Å².